The largest absolute Gasteiger partial charge is 0.507 e. The van der Waals surface area contributed by atoms with Gasteiger partial charge in [0.25, 0.3) is 0 Å². The maximum Gasteiger partial charge on any atom is 0.122 e. The molecule has 0 aliphatic heterocycles. The van der Waals surface area contributed by atoms with Gasteiger partial charge in [0, 0.05) is 5.88 Å². The first kappa shape index (κ1) is 15.2. The van der Waals surface area contributed by atoms with E-state index in [0.717, 1.165) is 54.2 Å². The zero-order valence-corrected chi connectivity index (χ0v) is 12.3. The fraction of sp³-hybridized carbons (Fsp3) is 0.600. The number of rotatable bonds is 7. The summed E-state index contributed by atoms with van der Waals surface area (Å²) in [5.74, 6) is 2.01. The van der Waals surface area contributed by atoms with Crippen molar-refractivity contribution in [1.82, 2.24) is 0 Å². The van der Waals surface area contributed by atoms with E-state index in [1.807, 2.05) is 26.8 Å². The Hall–Kier alpha value is -0.890. The predicted molar refractivity (Wildman–Crippen MR) is 77.0 cm³/mol. The quantitative estimate of drug-likeness (QED) is 0.584. The highest BCUT2D eigenvalue weighted by atomic mass is 35.5. The maximum atomic E-state index is 9.81. The summed E-state index contributed by atoms with van der Waals surface area (Å²) in [6, 6.07) is 1.91. The van der Waals surface area contributed by atoms with Gasteiger partial charge >= 0.3 is 0 Å². The van der Waals surface area contributed by atoms with Gasteiger partial charge in [0.05, 0.1) is 6.61 Å². The van der Waals surface area contributed by atoms with E-state index in [4.69, 9.17) is 16.3 Å². The van der Waals surface area contributed by atoms with Crippen LogP contribution >= 0.6 is 11.6 Å². The van der Waals surface area contributed by atoms with Crippen molar-refractivity contribution in [1.29, 1.82) is 0 Å². The van der Waals surface area contributed by atoms with Crippen molar-refractivity contribution >= 4 is 11.6 Å². The molecule has 1 aromatic rings. The van der Waals surface area contributed by atoms with Crippen molar-refractivity contribution in [2.75, 3.05) is 12.5 Å². The maximum absolute atomic E-state index is 9.81. The topological polar surface area (TPSA) is 29.5 Å². The fourth-order valence-electron chi connectivity index (χ4n) is 1.91. The molecule has 1 rings (SSSR count). The van der Waals surface area contributed by atoms with E-state index in [0.29, 0.717) is 5.75 Å². The van der Waals surface area contributed by atoms with Crippen molar-refractivity contribution in [3.8, 4) is 11.5 Å². The van der Waals surface area contributed by atoms with Gasteiger partial charge in [0.1, 0.15) is 11.5 Å². The van der Waals surface area contributed by atoms with E-state index in [2.05, 4.69) is 0 Å². The number of phenols is 1. The number of aryl methyl sites for hydroxylation is 1. The number of aromatic hydroxyl groups is 1. The SMILES string of the molecule is Cc1cc(OCCCCCCCl)c(C)c(C)c1O. The molecule has 0 fully saturated rings. The standard InChI is InChI=1S/C15H23ClO2/c1-11-10-14(12(2)13(3)15(11)17)18-9-7-5-4-6-8-16/h10,17H,4-9H2,1-3H3. The molecule has 2 nitrogen and oxygen atoms in total. The number of alkyl halides is 1. The van der Waals surface area contributed by atoms with Gasteiger partial charge in [-0.25, -0.2) is 0 Å². The normalized spacial score (nSPS) is 10.7. The van der Waals surface area contributed by atoms with Gasteiger partial charge in [0.2, 0.25) is 0 Å². The van der Waals surface area contributed by atoms with Crippen LogP contribution in [0.25, 0.3) is 0 Å². The monoisotopic (exact) mass is 270 g/mol. The molecule has 0 atom stereocenters. The van der Waals surface area contributed by atoms with Crippen molar-refractivity contribution in [2.24, 2.45) is 0 Å². The van der Waals surface area contributed by atoms with Crippen LogP contribution in [-0.4, -0.2) is 17.6 Å². The number of unbranched alkanes of at least 4 members (excludes halogenated alkanes) is 3. The number of benzene rings is 1. The van der Waals surface area contributed by atoms with Crippen LogP contribution in [0.3, 0.4) is 0 Å². The third-order valence-corrected chi connectivity index (χ3v) is 3.56. The molecule has 1 N–H and O–H groups in total. The Labute approximate surface area is 115 Å². The van der Waals surface area contributed by atoms with Crippen LogP contribution in [0, 0.1) is 20.8 Å². The summed E-state index contributed by atoms with van der Waals surface area (Å²) in [4.78, 5) is 0. The van der Waals surface area contributed by atoms with E-state index in [1.54, 1.807) is 0 Å². The molecule has 0 aliphatic rings. The van der Waals surface area contributed by atoms with Crippen LogP contribution in [0.5, 0.6) is 11.5 Å². The molecular formula is C15H23ClO2. The Kier molecular flexibility index (Phi) is 6.34. The van der Waals surface area contributed by atoms with Crippen molar-refractivity contribution < 1.29 is 9.84 Å². The molecule has 0 spiro atoms. The third-order valence-electron chi connectivity index (χ3n) is 3.29. The van der Waals surface area contributed by atoms with Crippen molar-refractivity contribution in [3.05, 3.63) is 22.8 Å². The zero-order chi connectivity index (χ0) is 13.5. The number of ether oxygens (including phenoxy) is 1. The highest BCUT2D eigenvalue weighted by Crippen LogP contribution is 2.32. The fourth-order valence-corrected chi connectivity index (χ4v) is 2.10. The van der Waals surface area contributed by atoms with E-state index in [1.165, 1.54) is 6.42 Å². The van der Waals surface area contributed by atoms with E-state index < -0.39 is 0 Å². The minimum absolute atomic E-state index is 0.377. The molecule has 0 bridgehead atoms. The molecule has 102 valence electrons. The highest BCUT2D eigenvalue weighted by molar-refractivity contribution is 6.17. The van der Waals surface area contributed by atoms with Gasteiger partial charge in [-0.2, -0.15) is 0 Å². The Morgan fingerprint density at radius 2 is 1.72 bits per heavy atom. The van der Waals surface area contributed by atoms with Crippen molar-refractivity contribution in [3.63, 3.8) is 0 Å². The number of hydrogen-bond donors (Lipinski definition) is 1. The number of hydrogen-bond acceptors (Lipinski definition) is 2. The summed E-state index contributed by atoms with van der Waals surface area (Å²) in [6.45, 7) is 6.53. The van der Waals surface area contributed by atoms with Crippen LogP contribution in [0.15, 0.2) is 6.07 Å². The second kappa shape index (κ2) is 7.52. The van der Waals surface area contributed by atoms with Gasteiger partial charge in [-0.15, -0.1) is 11.6 Å². The third kappa shape index (κ3) is 4.09. The molecule has 1 aromatic carbocycles. The number of phenolic OH excluding ortho intramolecular Hbond substituents is 1. The van der Waals surface area contributed by atoms with Crippen LogP contribution in [0.4, 0.5) is 0 Å². The molecule has 0 aliphatic carbocycles. The van der Waals surface area contributed by atoms with Gasteiger partial charge in [0.15, 0.2) is 0 Å². The Morgan fingerprint density at radius 1 is 1.06 bits per heavy atom. The Morgan fingerprint density at radius 3 is 2.39 bits per heavy atom. The first-order valence-corrected chi connectivity index (χ1v) is 7.10. The molecule has 3 heteroatoms. The summed E-state index contributed by atoms with van der Waals surface area (Å²) in [5.41, 5.74) is 2.81. The minimum atomic E-state index is 0.377. The summed E-state index contributed by atoms with van der Waals surface area (Å²) < 4.78 is 5.79. The summed E-state index contributed by atoms with van der Waals surface area (Å²) in [6.07, 6.45) is 4.45. The van der Waals surface area contributed by atoms with E-state index in [9.17, 15) is 5.11 Å². The Bertz CT molecular complexity index is 389. The lowest BCUT2D eigenvalue weighted by Crippen LogP contribution is -2.01. The zero-order valence-electron chi connectivity index (χ0n) is 11.6. The highest BCUT2D eigenvalue weighted by Gasteiger charge is 2.09. The van der Waals surface area contributed by atoms with E-state index in [-0.39, 0.29) is 0 Å². The van der Waals surface area contributed by atoms with Gasteiger partial charge < -0.3 is 9.84 Å². The summed E-state index contributed by atoms with van der Waals surface area (Å²) >= 11 is 5.63. The average Bonchev–Trinajstić information content (AvgIpc) is 2.37. The predicted octanol–water partition coefficient (Wildman–Crippen LogP) is 4.50. The minimum Gasteiger partial charge on any atom is -0.507 e. The average molecular weight is 271 g/mol. The summed E-state index contributed by atoms with van der Waals surface area (Å²) in [5, 5.41) is 9.81. The molecule has 0 radical (unpaired) electrons. The van der Waals surface area contributed by atoms with Gasteiger partial charge in [-0.05, 0) is 56.4 Å². The summed E-state index contributed by atoms with van der Waals surface area (Å²) in [7, 11) is 0. The molecule has 0 unspecified atom stereocenters. The Balaban J connectivity index is 2.48. The molecule has 0 aromatic heterocycles. The molecule has 0 saturated carbocycles. The molecule has 0 heterocycles. The first-order valence-electron chi connectivity index (χ1n) is 6.56. The first-order chi connectivity index (χ1) is 8.57. The second-order valence-corrected chi connectivity index (χ2v) is 5.12. The van der Waals surface area contributed by atoms with Gasteiger partial charge in [-0.3, -0.25) is 0 Å². The van der Waals surface area contributed by atoms with E-state index >= 15 is 0 Å². The smallest absolute Gasteiger partial charge is 0.122 e. The molecule has 18 heavy (non-hydrogen) atoms. The molecule has 0 amide bonds. The second-order valence-electron chi connectivity index (χ2n) is 4.74. The number of halogens is 1. The van der Waals surface area contributed by atoms with Crippen molar-refractivity contribution in [2.45, 2.75) is 46.5 Å². The van der Waals surface area contributed by atoms with Crippen LogP contribution < -0.4 is 4.74 Å². The lowest BCUT2D eigenvalue weighted by atomic mass is 10.0. The van der Waals surface area contributed by atoms with Crippen LogP contribution in [-0.2, 0) is 0 Å². The lowest BCUT2D eigenvalue weighted by Gasteiger charge is -2.14. The molecular weight excluding hydrogens is 248 g/mol. The molecule has 0 saturated heterocycles. The van der Waals surface area contributed by atoms with Crippen LogP contribution in [0.1, 0.15) is 42.4 Å². The lowest BCUT2D eigenvalue weighted by molar-refractivity contribution is 0.302. The van der Waals surface area contributed by atoms with Crippen LogP contribution in [0.2, 0.25) is 0 Å². The van der Waals surface area contributed by atoms with Gasteiger partial charge in [-0.1, -0.05) is 12.8 Å².